The first-order chi connectivity index (χ1) is 9.10. The molecule has 0 aliphatic heterocycles. The lowest BCUT2D eigenvalue weighted by molar-refractivity contribution is 0.0923. The van der Waals surface area contributed by atoms with Crippen LogP contribution in [-0.2, 0) is 13.1 Å². The first-order valence-electron chi connectivity index (χ1n) is 5.77. The average Bonchev–Trinajstić information content (AvgIpc) is 2.97. The van der Waals surface area contributed by atoms with Crippen LogP contribution >= 0.6 is 11.3 Å². The minimum atomic E-state index is -0.419. The van der Waals surface area contributed by atoms with Crippen molar-refractivity contribution in [2.24, 2.45) is 5.84 Å². The zero-order valence-corrected chi connectivity index (χ0v) is 11.7. The van der Waals surface area contributed by atoms with Crippen molar-refractivity contribution >= 4 is 17.2 Å². The van der Waals surface area contributed by atoms with E-state index in [0.29, 0.717) is 6.54 Å². The number of carbonyl (C=O) groups is 1. The molecule has 7 heteroatoms. The molecule has 0 aromatic carbocycles. The Kier molecular flexibility index (Phi) is 4.31. The zero-order chi connectivity index (χ0) is 13.8. The number of nitrogen functional groups attached to an aromatic ring is 1. The van der Waals surface area contributed by atoms with Crippen molar-refractivity contribution in [3.05, 3.63) is 39.7 Å². The highest BCUT2D eigenvalue weighted by Gasteiger charge is 2.15. The van der Waals surface area contributed by atoms with Gasteiger partial charge in [-0.2, -0.15) is 0 Å². The predicted octanol–water partition coefficient (Wildman–Crippen LogP) is 1.28. The van der Waals surface area contributed by atoms with E-state index in [1.54, 1.807) is 17.4 Å². The Morgan fingerprint density at radius 3 is 3.00 bits per heavy atom. The Balaban J connectivity index is 2.01. The lowest BCUT2D eigenvalue weighted by Crippen LogP contribution is -2.31. The van der Waals surface area contributed by atoms with Crippen molar-refractivity contribution in [2.45, 2.75) is 20.0 Å². The fraction of sp³-hybridized carbons (Fsp3) is 0.333. The van der Waals surface area contributed by atoms with Gasteiger partial charge in [-0.15, -0.1) is 11.3 Å². The molecule has 2 rings (SSSR count). The Morgan fingerprint density at radius 2 is 2.37 bits per heavy atom. The molecule has 0 atom stereocenters. The van der Waals surface area contributed by atoms with Crippen LogP contribution in [0.2, 0.25) is 0 Å². The lowest BCUT2D eigenvalue weighted by atomic mass is 10.2. The van der Waals surface area contributed by atoms with Gasteiger partial charge in [0.15, 0.2) is 5.76 Å². The molecule has 0 bridgehead atoms. The monoisotopic (exact) mass is 280 g/mol. The van der Waals surface area contributed by atoms with E-state index in [4.69, 9.17) is 10.3 Å². The molecule has 6 nitrogen and oxygen atoms in total. The van der Waals surface area contributed by atoms with Crippen LogP contribution in [0.25, 0.3) is 0 Å². The van der Waals surface area contributed by atoms with Crippen molar-refractivity contribution in [3.63, 3.8) is 0 Å². The molecule has 1 amide bonds. The topological polar surface area (TPSA) is 84.4 Å². The maximum absolute atomic E-state index is 11.5. The molecule has 0 fully saturated rings. The number of carbonyl (C=O) groups excluding carboxylic acids is 1. The molecule has 0 saturated heterocycles. The summed E-state index contributed by atoms with van der Waals surface area (Å²) >= 11 is 1.63. The number of hydrogen-bond acceptors (Lipinski definition) is 6. The van der Waals surface area contributed by atoms with Gasteiger partial charge in [0.1, 0.15) is 0 Å². The lowest BCUT2D eigenvalue weighted by Gasteiger charge is -2.14. The fourth-order valence-corrected chi connectivity index (χ4v) is 2.43. The number of amides is 1. The predicted molar refractivity (Wildman–Crippen MR) is 72.4 cm³/mol. The molecule has 2 heterocycles. The first-order valence-corrected chi connectivity index (χ1v) is 6.65. The molecule has 2 aromatic rings. The van der Waals surface area contributed by atoms with E-state index in [0.717, 1.165) is 22.8 Å². The SMILES string of the molecule is Cc1nc(CN(C)Cc2ccoc2C(=O)NN)cs1. The minimum absolute atomic E-state index is 0.254. The van der Waals surface area contributed by atoms with Crippen LogP contribution in [0.5, 0.6) is 0 Å². The van der Waals surface area contributed by atoms with Crippen LogP contribution in [0.15, 0.2) is 22.1 Å². The molecule has 0 aliphatic carbocycles. The third kappa shape index (κ3) is 3.40. The van der Waals surface area contributed by atoms with E-state index in [-0.39, 0.29) is 5.76 Å². The number of rotatable bonds is 5. The largest absolute Gasteiger partial charge is 0.459 e. The number of nitrogens with zero attached hydrogens (tertiary/aromatic N) is 2. The minimum Gasteiger partial charge on any atom is -0.459 e. The summed E-state index contributed by atoms with van der Waals surface area (Å²) in [5, 5.41) is 3.09. The van der Waals surface area contributed by atoms with Crippen LogP contribution in [-0.4, -0.2) is 22.8 Å². The van der Waals surface area contributed by atoms with E-state index in [9.17, 15) is 4.79 Å². The molecular weight excluding hydrogens is 264 g/mol. The number of thiazole rings is 1. The summed E-state index contributed by atoms with van der Waals surface area (Å²) in [5.74, 6) is 4.94. The van der Waals surface area contributed by atoms with Crippen LogP contribution < -0.4 is 11.3 Å². The molecule has 0 saturated carbocycles. The number of nitrogens with two attached hydrogens (primary N) is 1. The van der Waals surface area contributed by atoms with Gasteiger partial charge in [-0.25, -0.2) is 10.8 Å². The summed E-state index contributed by atoms with van der Waals surface area (Å²) in [6.45, 7) is 3.29. The van der Waals surface area contributed by atoms with E-state index in [1.807, 2.05) is 19.4 Å². The summed E-state index contributed by atoms with van der Waals surface area (Å²) in [6, 6.07) is 1.77. The smallest absolute Gasteiger partial charge is 0.301 e. The highest BCUT2D eigenvalue weighted by atomic mass is 32.1. The van der Waals surface area contributed by atoms with Crippen LogP contribution in [0.1, 0.15) is 26.8 Å². The highest BCUT2D eigenvalue weighted by molar-refractivity contribution is 7.09. The Morgan fingerprint density at radius 1 is 1.58 bits per heavy atom. The maximum atomic E-state index is 11.5. The zero-order valence-electron chi connectivity index (χ0n) is 10.8. The number of hydrazine groups is 1. The second-order valence-corrected chi connectivity index (χ2v) is 5.34. The first kappa shape index (κ1) is 13.7. The van der Waals surface area contributed by atoms with Gasteiger partial charge in [0.25, 0.3) is 0 Å². The third-order valence-corrected chi connectivity index (χ3v) is 3.45. The summed E-state index contributed by atoms with van der Waals surface area (Å²) in [7, 11) is 1.96. The van der Waals surface area contributed by atoms with Gasteiger partial charge < -0.3 is 4.42 Å². The fourth-order valence-electron chi connectivity index (χ4n) is 1.83. The Labute approximate surface area is 115 Å². The summed E-state index contributed by atoms with van der Waals surface area (Å²) in [5.41, 5.74) is 3.90. The Bertz CT molecular complexity index is 564. The molecule has 3 N–H and O–H groups in total. The van der Waals surface area contributed by atoms with Gasteiger partial charge in [-0.1, -0.05) is 0 Å². The van der Waals surface area contributed by atoms with Crippen molar-refractivity contribution in [2.75, 3.05) is 7.05 Å². The number of nitrogens with one attached hydrogen (secondary N) is 1. The Hall–Kier alpha value is -1.70. The van der Waals surface area contributed by atoms with E-state index >= 15 is 0 Å². The molecule has 0 aliphatic rings. The number of hydrogen-bond donors (Lipinski definition) is 2. The van der Waals surface area contributed by atoms with Crippen molar-refractivity contribution < 1.29 is 9.21 Å². The van der Waals surface area contributed by atoms with Gasteiger partial charge in [-0.05, 0) is 20.0 Å². The third-order valence-electron chi connectivity index (χ3n) is 2.62. The van der Waals surface area contributed by atoms with Crippen molar-refractivity contribution in [1.82, 2.24) is 15.3 Å². The second-order valence-electron chi connectivity index (χ2n) is 4.28. The summed E-state index contributed by atoms with van der Waals surface area (Å²) < 4.78 is 5.14. The molecule has 0 unspecified atom stereocenters. The number of aromatic nitrogens is 1. The summed E-state index contributed by atoms with van der Waals surface area (Å²) in [4.78, 5) is 17.9. The normalized spacial score (nSPS) is 10.9. The quantitative estimate of drug-likeness (QED) is 0.489. The van der Waals surface area contributed by atoms with Crippen molar-refractivity contribution in [1.29, 1.82) is 0 Å². The average molecular weight is 280 g/mol. The summed E-state index contributed by atoms with van der Waals surface area (Å²) in [6.07, 6.45) is 1.49. The molecule has 102 valence electrons. The van der Waals surface area contributed by atoms with Gasteiger partial charge in [-0.3, -0.25) is 15.1 Å². The van der Waals surface area contributed by atoms with Gasteiger partial charge in [0.05, 0.1) is 17.0 Å². The van der Waals surface area contributed by atoms with Crippen molar-refractivity contribution in [3.8, 4) is 0 Å². The van der Waals surface area contributed by atoms with Crippen LogP contribution in [0.4, 0.5) is 0 Å². The molecular formula is C12H16N4O2S. The van der Waals surface area contributed by atoms with Crippen LogP contribution in [0.3, 0.4) is 0 Å². The van der Waals surface area contributed by atoms with Gasteiger partial charge in [0.2, 0.25) is 0 Å². The van der Waals surface area contributed by atoms with E-state index in [1.165, 1.54) is 6.26 Å². The molecule has 2 aromatic heterocycles. The van der Waals surface area contributed by atoms with E-state index in [2.05, 4.69) is 15.3 Å². The maximum Gasteiger partial charge on any atom is 0.301 e. The number of furan rings is 1. The molecule has 0 spiro atoms. The molecule has 0 radical (unpaired) electrons. The number of aryl methyl sites for hydroxylation is 1. The molecule has 19 heavy (non-hydrogen) atoms. The van der Waals surface area contributed by atoms with Gasteiger partial charge in [0, 0.05) is 24.0 Å². The highest BCUT2D eigenvalue weighted by Crippen LogP contribution is 2.15. The van der Waals surface area contributed by atoms with Gasteiger partial charge >= 0.3 is 5.91 Å². The second kappa shape index (κ2) is 5.96. The van der Waals surface area contributed by atoms with Crippen LogP contribution in [0, 0.1) is 6.92 Å². The standard InChI is InChI=1S/C12H16N4O2S/c1-8-14-10(7-19-8)6-16(2)5-9-3-4-18-11(9)12(17)15-13/h3-4,7H,5-6,13H2,1-2H3,(H,15,17). The van der Waals surface area contributed by atoms with E-state index < -0.39 is 5.91 Å².